The van der Waals surface area contributed by atoms with Crippen molar-refractivity contribution in [2.24, 2.45) is 0 Å². The monoisotopic (exact) mass is 244 g/mol. The third-order valence-corrected chi connectivity index (χ3v) is 3.76. The summed E-state index contributed by atoms with van der Waals surface area (Å²) in [5.41, 5.74) is 2.56. The van der Waals surface area contributed by atoms with Crippen molar-refractivity contribution in [3.8, 4) is 11.3 Å². The van der Waals surface area contributed by atoms with E-state index in [1.807, 2.05) is 19.1 Å². The summed E-state index contributed by atoms with van der Waals surface area (Å²) in [5.74, 6) is 1.41. The third kappa shape index (κ3) is 1.65. The second kappa shape index (κ2) is 4.23. The Morgan fingerprint density at radius 1 is 1.33 bits per heavy atom. The SMILES string of the molecule is Cc1nc2n(c1-c1ccccc1F)CCCC2C. The van der Waals surface area contributed by atoms with E-state index in [2.05, 4.69) is 16.5 Å². The van der Waals surface area contributed by atoms with Crippen molar-refractivity contribution in [3.05, 3.63) is 41.6 Å². The zero-order valence-corrected chi connectivity index (χ0v) is 10.8. The Morgan fingerprint density at radius 3 is 2.89 bits per heavy atom. The van der Waals surface area contributed by atoms with Crippen molar-refractivity contribution in [1.29, 1.82) is 0 Å². The van der Waals surface area contributed by atoms with Crippen LogP contribution in [0.1, 0.15) is 37.2 Å². The first kappa shape index (κ1) is 11.5. The molecule has 2 heterocycles. The molecule has 18 heavy (non-hydrogen) atoms. The molecule has 3 rings (SSSR count). The van der Waals surface area contributed by atoms with Gasteiger partial charge >= 0.3 is 0 Å². The van der Waals surface area contributed by atoms with Crippen molar-refractivity contribution >= 4 is 0 Å². The molecule has 2 aromatic rings. The minimum atomic E-state index is -0.165. The molecule has 2 nitrogen and oxygen atoms in total. The third-order valence-electron chi connectivity index (χ3n) is 3.76. The number of nitrogens with zero attached hydrogens (tertiary/aromatic N) is 2. The van der Waals surface area contributed by atoms with Crippen LogP contribution in [0, 0.1) is 12.7 Å². The lowest BCUT2D eigenvalue weighted by Crippen LogP contribution is -2.15. The van der Waals surface area contributed by atoms with Gasteiger partial charge in [0.1, 0.15) is 11.6 Å². The van der Waals surface area contributed by atoms with E-state index >= 15 is 0 Å². The second-order valence-corrected chi connectivity index (χ2v) is 5.08. The molecule has 94 valence electrons. The van der Waals surface area contributed by atoms with E-state index in [1.165, 1.54) is 12.5 Å². The standard InChI is InChI=1S/C15H17FN2/c1-10-6-5-9-18-14(11(2)17-15(10)18)12-7-3-4-8-13(12)16/h3-4,7-8,10H,5-6,9H2,1-2H3. The predicted molar refractivity (Wildman–Crippen MR) is 70.0 cm³/mol. The molecule has 0 N–H and O–H groups in total. The highest BCUT2D eigenvalue weighted by Gasteiger charge is 2.24. The summed E-state index contributed by atoms with van der Waals surface area (Å²) in [7, 11) is 0. The average molecular weight is 244 g/mol. The summed E-state index contributed by atoms with van der Waals surface area (Å²) in [4.78, 5) is 4.65. The summed E-state index contributed by atoms with van der Waals surface area (Å²) in [6, 6.07) is 6.96. The Balaban J connectivity index is 2.22. The van der Waals surface area contributed by atoms with Crippen molar-refractivity contribution < 1.29 is 4.39 Å². The second-order valence-electron chi connectivity index (χ2n) is 5.08. The first-order chi connectivity index (χ1) is 8.68. The Hall–Kier alpha value is -1.64. The molecule has 1 aromatic heterocycles. The fraction of sp³-hybridized carbons (Fsp3) is 0.400. The minimum Gasteiger partial charge on any atom is -0.327 e. The van der Waals surface area contributed by atoms with Crippen LogP contribution in [-0.4, -0.2) is 9.55 Å². The molecule has 1 aliphatic rings. The number of halogens is 1. The van der Waals surface area contributed by atoms with E-state index in [9.17, 15) is 4.39 Å². The van der Waals surface area contributed by atoms with Crippen molar-refractivity contribution in [2.75, 3.05) is 0 Å². The Morgan fingerprint density at radius 2 is 2.11 bits per heavy atom. The zero-order valence-electron chi connectivity index (χ0n) is 10.8. The minimum absolute atomic E-state index is 0.165. The summed E-state index contributed by atoms with van der Waals surface area (Å²) >= 11 is 0. The largest absolute Gasteiger partial charge is 0.327 e. The van der Waals surface area contributed by atoms with Crippen molar-refractivity contribution in [1.82, 2.24) is 9.55 Å². The van der Waals surface area contributed by atoms with Gasteiger partial charge in [-0.05, 0) is 31.9 Å². The lowest BCUT2D eigenvalue weighted by atomic mass is 10.0. The summed E-state index contributed by atoms with van der Waals surface area (Å²) < 4.78 is 16.2. The topological polar surface area (TPSA) is 17.8 Å². The van der Waals surface area contributed by atoms with Crippen LogP contribution in [0.2, 0.25) is 0 Å². The summed E-state index contributed by atoms with van der Waals surface area (Å²) in [5, 5.41) is 0. The molecule has 0 spiro atoms. The quantitative estimate of drug-likeness (QED) is 0.744. The Labute approximate surface area is 106 Å². The zero-order chi connectivity index (χ0) is 12.7. The Kier molecular flexibility index (Phi) is 2.69. The number of hydrogen-bond donors (Lipinski definition) is 0. The molecular weight excluding hydrogens is 227 g/mol. The average Bonchev–Trinajstić information content (AvgIpc) is 2.68. The van der Waals surface area contributed by atoms with Gasteiger partial charge in [-0.2, -0.15) is 0 Å². The summed E-state index contributed by atoms with van der Waals surface area (Å²) in [6.07, 6.45) is 2.32. The molecule has 0 radical (unpaired) electrons. The molecule has 0 saturated carbocycles. The first-order valence-corrected chi connectivity index (χ1v) is 6.50. The highest BCUT2D eigenvalue weighted by Crippen LogP contribution is 2.34. The number of fused-ring (bicyclic) bond motifs is 1. The predicted octanol–water partition coefficient (Wildman–Crippen LogP) is 3.89. The van der Waals surface area contributed by atoms with Gasteiger partial charge in [0.05, 0.1) is 11.4 Å². The van der Waals surface area contributed by atoms with Gasteiger partial charge in [0, 0.05) is 18.0 Å². The maximum atomic E-state index is 14.0. The van der Waals surface area contributed by atoms with Gasteiger partial charge in [0.2, 0.25) is 0 Å². The van der Waals surface area contributed by atoms with Crippen LogP contribution in [-0.2, 0) is 6.54 Å². The molecule has 0 fully saturated rings. The molecule has 0 aliphatic carbocycles. The van der Waals surface area contributed by atoms with Gasteiger partial charge in [-0.15, -0.1) is 0 Å². The van der Waals surface area contributed by atoms with Crippen LogP contribution in [0.4, 0.5) is 4.39 Å². The van der Waals surface area contributed by atoms with Crippen LogP contribution < -0.4 is 0 Å². The van der Waals surface area contributed by atoms with E-state index in [-0.39, 0.29) is 5.82 Å². The molecule has 0 amide bonds. The van der Waals surface area contributed by atoms with Gasteiger partial charge < -0.3 is 4.57 Å². The number of aryl methyl sites for hydroxylation is 1. The van der Waals surface area contributed by atoms with E-state index in [0.29, 0.717) is 11.5 Å². The van der Waals surface area contributed by atoms with Gasteiger partial charge in [0.15, 0.2) is 0 Å². The number of aromatic nitrogens is 2. The maximum Gasteiger partial charge on any atom is 0.132 e. The van der Waals surface area contributed by atoms with Crippen LogP contribution in [0.5, 0.6) is 0 Å². The number of rotatable bonds is 1. The Bertz CT molecular complexity index is 586. The maximum absolute atomic E-state index is 14.0. The molecule has 0 bridgehead atoms. The highest BCUT2D eigenvalue weighted by atomic mass is 19.1. The molecule has 1 aliphatic heterocycles. The van der Waals surface area contributed by atoms with Crippen LogP contribution in [0.15, 0.2) is 24.3 Å². The van der Waals surface area contributed by atoms with Crippen molar-refractivity contribution in [2.45, 2.75) is 39.2 Å². The van der Waals surface area contributed by atoms with Crippen LogP contribution in [0.3, 0.4) is 0 Å². The normalized spacial score (nSPS) is 18.7. The molecule has 1 aromatic carbocycles. The molecule has 3 heteroatoms. The van der Waals surface area contributed by atoms with Gasteiger partial charge in [-0.3, -0.25) is 0 Å². The van der Waals surface area contributed by atoms with Crippen LogP contribution in [0.25, 0.3) is 11.3 Å². The molecular formula is C15H17FN2. The van der Waals surface area contributed by atoms with Crippen LogP contribution >= 0.6 is 0 Å². The van der Waals surface area contributed by atoms with E-state index < -0.39 is 0 Å². The first-order valence-electron chi connectivity index (χ1n) is 6.50. The fourth-order valence-electron chi connectivity index (χ4n) is 2.88. The molecule has 0 saturated heterocycles. The van der Waals surface area contributed by atoms with Gasteiger partial charge in [-0.25, -0.2) is 9.37 Å². The van der Waals surface area contributed by atoms with Gasteiger partial charge in [0.25, 0.3) is 0 Å². The molecule has 1 atom stereocenters. The smallest absolute Gasteiger partial charge is 0.132 e. The number of benzene rings is 1. The lowest BCUT2D eigenvalue weighted by molar-refractivity contribution is 0.465. The highest BCUT2D eigenvalue weighted by molar-refractivity contribution is 5.63. The molecule has 1 unspecified atom stereocenters. The van der Waals surface area contributed by atoms with Crippen molar-refractivity contribution in [3.63, 3.8) is 0 Å². The number of imidazole rings is 1. The van der Waals surface area contributed by atoms with E-state index in [4.69, 9.17) is 0 Å². The van der Waals surface area contributed by atoms with Gasteiger partial charge in [-0.1, -0.05) is 19.1 Å². The van der Waals surface area contributed by atoms with E-state index in [0.717, 1.165) is 30.2 Å². The van der Waals surface area contributed by atoms with E-state index in [1.54, 1.807) is 6.07 Å². The fourth-order valence-corrected chi connectivity index (χ4v) is 2.88. The number of hydrogen-bond acceptors (Lipinski definition) is 1. The lowest BCUT2D eigenvalue weighted by Gasteiger charge is -2.21. The summed E-state index contributed by atoms with van der Waals surface area (Å²) in [6.45, 7) is 5.12.